The molecule has 0 aliphatic carbocycles. The van der Waals surface area contributed by atoms with Gasteiger partial charge in [-0.05, 0) is 39.8 Å². The van der Waals surface area contributed by atoms with E-state index in [1.165, 1.54) is 12.3 Å². The van der Waals surface area contributed by atoms with Gasteiger partial charge in [-0.15, -0.1) is 0 Å². The number of aromatic nitrogens is 1. The largest absolute Gasteiger partial charge is 0.360 e. The van der Waals surface area contributed by atoms with E-state index in [1.54, 1.807) is 52.0 Å². The molecular formula is C18H28N2O8P2S. The van der Waals surface area contributed by atoms with Crippen molar-refractivity contribution in [2.75, 3.05) is 26.4 Å². The zero-order chi connectivity index (χ0) is 23.1. The van der Waals surface area contributed by atoms with E-state index in [2.05, 4.69) is 9.71 Å². The Morgan fingerprint density at radius 2 is 1.35 bits per heavy atom. The SMILES string of the molecule is CCOP(=O)(OCC)C(NS(=O)(=O)c1cccc2cccnc12)P(=O)(OCC)OCC. The normalized spacial score (nSPS) is 13.2. The Morgan fingerprint density at radius 3 is 1.84 bits per heavy atom. The lowest BCUT2D eigenvalue weighted by atomic mass is 10.2. The van der Waals surface area contributed by atoms with Crippen molar-refractivity contribution in [3.63, 3.8) is 0 Å². The Morgan fingerprint density at radius 1 is 0.871 bits per heavy atom. The zero-order valence-corrected chi connectivity index (χ0v) is 20.5. The highest BCUT2D eigenvalue weighted by atomic mass is 32.2. The molecule has 1 aromatic carbocycles. The number of benzene rings is 1. The second kappa shape index (κ2) is 11.1. The molecule has 2 rings (SSSR count). The number of hydrogen-bond acceptors (Lipinski definition) is 9. The van der Waals surface area contributed by atoms with E-state index in [0.717, 1.165) is 0 Å². The average Bonchev–Trinajstić information content (AvgIpc) is 2.72. The van der Waals surface area contributed by atoms with Crippen LogP contribution in [0.15, 0.2) is 41.4 Å². The molecule has 1 aromatic heterocycles. The fraction of sp³-hybridized carbons (Fsp3) is 0.500. The summed E-state index contributed by atoms with van der Waals surface area (Å²) in [6.45, 7) is 5.90. The van der Waals surface area contributed by atoms with Crippen LogP contribution in [0.3, 0.4) is 0 Å². The molecule has 0 amide bonds. The number of para-hydroxylation sites is 1. The first-order chi connectivity index (χ1) is 14.7. The van der Waals surface area contributed by atoms with Crippen LogP contribution in [0.4, 0.5) is 0 Å². The Kier molecular flexibility index (Phi) is 9.36. The summed E-state index contributed by atoms with van der Waals surface area (Å²) in [5, 5.41) is 0.581. The molecule has 0 saturated carbocycles. The molecule has 2 aromatic rings. The lowest BCUT2D eigenvalue weighted by Gasteiger charge is -2.31. The van der Waals surface area contributed by atoms with Gasteiger partial charge >= 0.3 is 15.2 Å². The first kappa shape index (κ1) is 26.1. The van der Waals surface area contributed by atoms with E-state index in [-0.39, 0.29) is 36.8 Å². The van der Waals surface area contributed by atoms with Gasteiger partial charge in [-0.2, -0.15) is 4.72 Å². The van der Waals surface area contributed by atoms with Gasteiger partial charge < -0.3 is 18.1 Å². The average molecular weight is 494 g/mol. The molecule has 0 fully saturated rings. The number of nitrogens with zero attached hydrogens (tertiary/aromatic N) is 1. The molecule has 0 unspecified atom stereocenters. The van der Waals surface area contributed by atoms with Crippen LogP contribution in [0.25, 0.3) is 10.9 Å². The van der Waals surface area contributed by atoms with Crippen LogP contribution in [0.1, 0.15) is 27.7 Å². The highest BCUT2D eigenvalue weighted by Gasteiger charge is 2.53. The summed E-state index contributed by atoms with van der Waals surface area (Å²) in [5.41, 5.74) is -1.72. The highest BCUT2D eigenvalue weighted by Crippen LogP contribution is 2.69. The fourth-order valence-corrected chi connectivity index (χ4v) is 10.2. The predicted octanol–water partition coefficient (Wildman–Crippen LogP) is 4.33. The van der Waals surface area contributed by atoms with Gasteiger partial charge in [0.25, 0.3) is 0 Å². The van der Waals surface area contributed by atoms with Crippen LogP contribution in [0, 0.1) is 0 Å². The summed E-state index contributed by atoms with van der Waals surface area (Å²) >= 11 is 0. The number of nitrogens with one attached hydrogen (secondary N) is 1. The maximum Gasteiger partial charge on any atom is 0.360 e. The second-order valence-electron chi connectivity index (χ2n) is 6.08. The van der Waals surface area contributed by atoms with Crippen molar-refractivity contribution in [2.24, 2.45) is 0 Å². The molecule has 1 heterocycles. The van der Waals surface area contributed by atoms with Crippen molar-refractivity contribution in [2.45, 2.75) is 38.1 Å². The second-order valence-corrected chi connectivity index (χ2v) is 12.4. The van der Waals surface area contributed by atoms with E-state index >= 15 is 0 Å². The fourth-order valence-electron chi connectivity index (χ4n) is 2.87. The summed E-state index contributed by atoms with van der Waals surface area (Å²) in [7, 11) is -13.0. The Labute approximate surface area is 182 Å². The summed E-state index contributed by atoms with van der Waals surface area (Å²) < 4.78 is 77.3. The topological polar surface area (TPSA) is 130 Å². The number of fused-ring (bicyclic) bond motifs is 1. The maximum atomic E-state index is 13.6. The van der Waals surface area contributed by atoms with Crippen molar-refractivity contribution < 1.29 is 35.6 Å². The van der Waals surface area contributed by atoms with E-state index in [4.69, 9.17) is 18.1 Å². The first-order valence-corrected chi connectivity index (χ1v) is 14.5. The third-order valence-electron chi connectivity index (χ3n) is 3.98. The van der Waals surface area contributed by atoms with Gasteiger partial charge in [0.1, 0.15) is 4.90 Å². The Hall–Kier alpha value is -1.16. The predicted molar refractivity (Wildman–Crippen MR) is 118 cm³/mol. The quantitative estimate of drug-likeness (QED) is 0.404. The van der Waals surface area contributed by atoms with Gasteiger partial charge in [0.2, 0.25) is 15.5 Å². The van der Waals surface area contributed by atoms with Crippen molar-refractivity contribution in [1.82, 2.24) is 9.71 Å². The van der Waals surface area contributed by atoms with Gasteiger partial charge in [-0.3, -0.25) is 14.1 Å². The number of pyridine rings is 1. The van der Waals surface area contributed by atoms with Gasteiger partial charge in [0.15, 0.2) is 0 Å². The third kappa shape index (κ3) is 6.00. The zero-order valence-electron chi connectivity index (χ0n) is 17.9. The highest BCUT2D eigenvalue weighted by molar-refractivity contribution is 7.91. The molecule has 0 aliphatic rings. The molecule has 0 saturated heterocycles. The van der Waals surface area contributed by atoms with Gasteiger partial charge in [0.05, 0.1) is 31.9 Å². The first-order valence-electron chi connectivity index (χ1n) is 9.81. The maximum absolute atomic E-state index is 13.6. The van der Waals surface area contributed by atoms with Crippen molar-refractivity contribution >= 4 is 36.1 Å². The lowest BCUT2D eigenvalue weighted by molar-refractivity contribution is 0.193. The molecule has 31 heavy (non-hydrogen) atoms. The van der Waals surface area contributed by atoms with Crippen molar-refractivity contribution in [1.29, 1.82) is 0 Å². The molecule has 0 radical (unpaired) electrons. The molecule has 0 atom stereocenters. The van der Waals surface area contributed by atoms with Gasteiger partial charge in [-0.25, -0.2) is 8.42 Å². The van der Waals surface area contributed by atoms with E-state index in [1.807, 2.05) is 0 Å². The minimum atomic E-state index is -4.40. The van der Waals surface area contributed by atoms with Crippen LogP contribution in [-0.4, -0.2) is 45.4 Å². The van der Waals surface area contributed by atoms with E-state index in [9.17, 15) is 17.5 Å². The Balaban J connectivity index is 2.65. The van der Waals surface area contributed by atoms with Crippen molar-refractivity contribution in [3.8, 4) is 0 Å². The summed E-state index contributed by atoms with van der Waals surface area (Å²) in [5.74, 6) is 0. The minimum Gasteiger partial charge on any atom is -0.307 e. The van der Waals surface area contributed by atoms with Crippen LogP contribution < -0.4 is 4.72 Å². The van der Waals surface area contributed by atoms with Gasteiger partial charge in [0, 0.05) is 11.6 Å². The Bertz CT molecular complexity index is 1020. The number of rotatable bonds is 13. The van der Waals surface area contributed by atoms with E-state index in [0.29, 0.717) is 5.39 Å². The van der Waals surface area contributed by atoms with Gasteiger partial charge in [-0.1, -0.05) is 18.2 Å². The molecule has 0 aliphatic heterocycles. The standard InChI is InChI=1S/C18H28N2O8P2S/c1-5-25-29(21,26-6-2)18(30(22,27-7-3)28-8-4)20-31(23,24)16-13-9-11-15-12-10-14-19-17(15)16/h9-14,18,20H,5-8H2,1-4H3. The molecule has 13 heteroatoms. The minimum absolute atomic E-state index is 0.0798. The lowest BCUT2D eigenvalue weighted by Crippen LogP contribution is -2.37. The molecule has 1 N–H and O–H groups in total. The summed E-state index contributed by atoms with van der Waals surface area (Å²) in [4.78, 5) is 3.96. The monoisotopic (exact) mass is 494 g/mol. The van der Waals surface area contributed by atoms with Crippen molar-refractivity contribution in [3.05, 3.63) is 36.5 Å². The van der Waals surface area contributed by atoms with Crippen LogP contribution in [0.5, 0.6) is 0 Å². The number of sulfonamides is 1. The molecular weight excluding hydrogens is 466 g/mol. The van der Waals surface area contributed by atoms with Crippen LogP contribution in [0.2, 0.25) is 0 Å². The number of hydrogen-bond donors (Lipinski definition) is 1. The van der Waals surface area contributed by atoms with Crippen LogP contribution in [-0.2, 0) is 37.2 Å². The summed E-state index contributed by atoms with van der Waals surface area (Å²) in [6, 6.07) is 7.97. The molecule has 174 valence electrons. The smallest absolute Gasteiger partial charge is 0.307 e. The van der Waals surface area contributed by atoms with E-state index < -0.39 is 30.7 Å². The third-order valence-corrected chi connectivity index (χ3v) is 11.4. The molecule has 0 spiro atoms. The van der Waals surface area contributed by atoms with Crippen LogP contribution >= 0.6 is 15.2 Å². The summed E-state index contributed by atoms with van der Waals surface area (Å²) in [6.07, 6.45) is 1.45. The molecule has 0 bridgehead atoms. The molecule has 10 nitrogen and oxygen atoms in total.